The predicted octanol–water partition coefficient (Wildman–Crippen LogP) is 3.93. The second-order valence-corrected chi connectivity index (χ2v) is 7.02. The summed E-state index contributed by atoms with van der Waals surface area (Å²) >= 11 is 6.03. The van der Waals surface area contributed by atoms with Crippen LogP contribution in [0.25, 0.3) is 11.1 Å². The Labute approximate surface area is 174 Å². The summed E-state index contributed by atoms with van der Waals surface area (Å²) in [6.45, 7) is 0.0483. The highest BCUT2D eigenvalue weighted by molar-refractivity contribution is 6.31. The number of nitrogens with one attached hydrogen (secondary N) is 1. The van der Waals surface area contributed by atoms with E-state index in [1.165, 1.54) is 7.11 Å². The van der Waals surface area contributed by atoms with Gasteiger partial charge in [0, 0.05) is 30.9 Å². The summed E-state index contributed by atoms with van der Waals surface area (Å²) in [5, 5.41) is 7.90. The molecule has 3 aromatic rings. The number of carbonyl (C=O) groups is 1. The van der Waals surface area contributed by atoms with Gasteiger partial charge in [-0.2, -0.15) is 5.10 Å². The van der Waals surface area contributed by atoms with Gasteiger partial charge in [0.25, 0.3) is 0 Å². The van der Waals surface area contributed by atoms with E-state index in [0.29, 0.717) is 16.5 Å². The fourth-order valence-corrected chi connectivity index (χ4v) is 3.08. The Morgan fingerprint density at radius 2 is 1.86 bits per heavy atom. The summed E-state index contributed by atoms with van der Waals surface area (Å²) in [6.07, 6.45) is 1.85. The summed E-state index contributed by atoms with van der Waals surface area (Å²) < 4.78 is 12.1. The number of hydrogen-bond donors (Lipinski definition) is 1. The summed E-state index contributed by atoms with van der Waals surface area (Å²) in [5.41, 5.74) is 2.42. The van der Waals surface area contributed by atoms with Gasteiger partial charge in [0.2, 0.25) is 5.91 Å². The maximum Gasteiger partial charge on any atom is 0.246 e. The fourth-order valence-electron chi connectivity index (χ4n) is 2.91. The lowest BCUT2D eigenvalue weighted by atomic mass is 10.1. The SMILES string of the molecule is COc1ccc(-c2cn(CC(=O)Nc3cc(Cl)ccc3OC)nc2N(C)C)cc1. The first-order valence-corrected chi connectivity index (χ1v) is 9.31. The molecular formula is C21H23ClN4O3. The zero-order valence-corrected chi connectivity index (χ0v) is 17.5. The van der Waals surface area contributed by atoms with Crippen LogP contribution >= 0.6 is 11.6 Å². The minimum atomic E-state index is -0.236. The van der Waals surface area contributed by atoms with Crippen LogP contribution < -0.4 is 19.7 Å². The van der Waals surface area contributed by atoms with E-state index in [9.17, 15) is 4.79 Å². The molecule has 1 aromatic heterocycles. The van der Waals surface area contributed by atoms with Gasteiger partial charge in [-0.1, -0.05) is 23.7 Å². The van der Waals surface area contributed by atoms with E-state index < -0.39 is 0 Å². The van der Waals surface area contributed by atoms with Crippen LogP contribution in [-0.2, 0) is 11.3 Å². The van der Waals surface area contributed by atoms with Crippen LogP contribution in [0.15, 0.2) is 48.7 Å². The Bertz CT molecular complexity index is 1000. The highest BCUT2D eigenvalue weighted by Crippen LogP contribution is 2.30. The van der Waals surface area contributed by atoms with Gasteiger partial charge < -0.3 is 19.7 Å². The van der Waals surface area contributed by atoms with Crippen LogP contribution in [-0.4, -0.2) is 44.0 Å². The van der Waals surface area contributed by atoms with Gasteiger partial charge in [-0.05, 0) is 35.9 Å². The Hall–Kier alpha value is -3.19. The molecule has 3 rings (SSSR count). The Morgan fingerprint density at radius 1 is 1.14 bits per heavy atom. The van der Waals surface area contributed by atoms with Crippen molar-refractivity contribution < 1.29 is 14.3 Å². The van der Waals surface area contributed by atoms with Gasteiger partial charge in [-0.15, -0.1) is 0 Å². The van der Waals surface area contributed by atoms with Gasteiger partial charge in [0.1, 0.15) is 18.0 Å². The van der Waals surface area contributed by atoms with Crippen molar-refractivity contribution in [3.05, 3.63) is 53.7 Å². The van der Waals surface area contributed by atoms with Crippen LogP contribution in [0.1, 0.15) is 0 Å². The van der Waals surface area contributed by atoms with E-state index in [2.05, 4.69) is 10.4 Å². The first-order valence-electron chi connectivity index (χ1n) is 8.94. The number of ether oxygens (including phenoxy) is 2. The minimum Gasteiger partial charge on any atom is -0.497 e. The molecule has 1 heterocycles. The molecule has 152 valence electrons. The van der Waals surface area contributed by atoms with Gasteiger partial charge in [0.05, 0.1) is 19.9 Å². The van der Waals surface area contributed by atoms with Crippen molar-refractivity contribution in [1.29, 1.82) is 0 Å². The Morgan fingerprint density at radius 3 is 2.48 bits per heavy atom. The lowest BCUT2D eigenvalue weighted by molar-refractivity contribution is -0.116. The van der Waals surface area contributed by atoms with Gasteiger partial charge in [0.15, 0.2) is 5.82 Å². The molecule has 0 spiro atoms. The van der Waals surface area contributed by atoms with E-state index >= 15 is 0 Å². The quantitative estimate of drug-likeness (QED) is 0.634. The van der Waals surface area contributed by atoms with Crippen LogP contribution in [0.4, 0.5) is 11.5 Å². The van der Waals surface area contributed by atoms with Crippen molar-refractivity contribution in [3.63, 3.8) is 0 Å². The van der Waals surface area contributed by atoms with Crippen molar-refractivity contribution in [3.8, 4) is 22.6 Å². The first-order chi connectivity index (χ1) is 13.9. The summed E-state index contributed by atoms with van der Waals surface area (Å²) in [7, 11) is 7.00. The molecule has 0 saturated carbocycles. The van der Waals surface area contributed by atoms with E-state index in [-0.39, 0.29) is 12.5 Å². The molecule has 0 unspecified atom stereocenters. The lowest BCUT2D eigenvalue weighted by Gasteiger charge is -2.11. The van der Waals surface area contributed by atoms with Crippen molar-refractivity contribution in [2.45, 2.75) is 6.54 Å². The number of benzene rings is 2. The maximum absolute atomic E-state index is 12.6. The molecule has 0 aliphatic rings. The molecule has 0 radical (unpaired) electrons. The molecule has 0 fully saturated rings. The third-order valence-corrected chi connectivity index (χ3v) is 4.54. The standard InChI is InChI=1S/C21H23ClN4O3/c1-25(2)21-17(14-5-8-16(28-3)9-6-14)12-26(24-21)13-20(27)23-18-11-15(22)7-10-19(18)29-4/h5-12H,13H2,1-4H3,(H,23,27). The number of rotatable bonds is 7. The molecule has 0 bridgehead atoms. The second kappa shape index (κ2) is 8.87. The number of amides is 1. The topological polar surface area (TPSA) is 68.6 Å². The molecule has 0 aliphatic carbocycles. The second-order valence-electron chi connectivity index (χ2n) is 6.58. The minimum absolute atomic E-state index is 0.0483. The number of carbonyl (C=O) groups excluding carboxylic acids is 1. The smallest absolute Gasteiger partial charge is 0.246 e. The van der Waals surface area contributed by atoms with Crippen molar-refractivity contribution in [2.75, 3.05) is 38.5 Å². The Kier molecular flexibility index (Phi) is 6.29. The monoisotopic (exact) mass is 414 g/mol. The van der Waals surface area contributed by atoms with E-state index in [0.717, 1.165) is 22.7 Å². The van der Waals surface area contributed by atoms with E-state index in [1.54, 1.807) is 30.0 Å². The predicted molar refractivity (Wildman–Crippen MR) is 115 cm³/mol. The molecule has 7 nitrogen and oxygen atoms in total. The molecular weight excluding hydrogens is 392 g/mol. The molecule has 0 saturated heterocycles. The molecule has 0 aliphatic heterocycles. The van der Waals surface area contributed by atoms with Crippen molar-refractivity contribution >= 4 is 29.0 Å². The largest absolute Gasteiger partial charge is 0.497 e. The Balaban J connectivity index is 1.82. The number of hydrogen-bond acceptors (Lipinski definition) is 5. The van der Waals surface area contributed by atoms with Gasteiger partial charge >= 0.3 is 0 Å². The molecule has 29 heavy (non-hydrogen) atoms. The average molecular weight is 415 g/mol. The van der Waals surface area contributed by atoms with Crippen molar-refractivity contribution in [1.82, 2.24) is 9.78 Å². The van der Waals surface area contributed by atoms with Crippen molar-refractivity contribution in [2.24, 2.45) is 0 Å². The normalized spacial score (nSPS) is 10.5. The van der Waals surface area contributed by atoms with E-state index in [4.69, 9.17) is 21.1 Å². The third-order valence-electron chi connectivity index (χ3n) is 4.31. The molecule has 2 aromatic carbocycles. The third kappa shape index (κ3) is 4.81. The number of aromatic nitrogens is 2. The number of anilines is 2. The van der Waals surface area contributed by atoms with Crippen LogP contribution in [0, 0.1) is 0 Å². The zero-order valence-electron chi connectivity index (χ0n) is 16.8. The van der Waals surface area contributed by atoms with Gasteiger partial charge in [-0.25, -0.2) is 0 Å². The highest BCUT2D eigenvalue weighted by Gasteiger charge is 2.16. The summed E-state index contributed by atoms with van der Waals surface area (Å²) in [5.74, 6) is 1.85. The lowest BCUT2D eigenvalue weighted by Crippen LogP contribution is -2.20. The highest BCUT2D eigenvalue weighted by atomic mass is 35.5. The number of methoxy groups -OCH3 is 2. The fraction of sp³-hybridized carbons (Fsp3) is 0.238. The maximum atomic E-state index is 12.6. The summed E-state index contributed by atoms with van der Waals surface area (Å²) in [4.78, 5) is 14.5. The van der Waals surface area contributed by atoms with E-state index in [1.807, 2.05) is 49.5 Å². The number of nitrogens with zero attached hydrogens (tertiary/aromatic N) is 3. The van der Waals surface area contributed by atoms with Gasteiger partial charge in [-0.3, -0.25) is 9.48 Å². The van der Waals surface area contributed by atoms with Crippen LogP contribution in [0.2, 0.25) is 5.02 Å². The van der Waals surface area contributed by atoms with Crippen LogP contribution in [0.5, 0.6) is 11.5 Å². The van der Waals surface area contributed by atoms with Crippen LogP contribution in [0.3, 0.4) is 0 Å². The number of halogens is 1. The molecule has 1 N–H and O–H groups in total. The molecule has 0 atom stereocenters. The molecule has 8 heteroatoms. The average Bonchev–Trinajstić information content (AvgIpc) is 3.12. The summed E-state index contributed by atoms with van der Waals surface area (Å²) in [6, 6.07) is 12.8. The zero-order chi connectivity index (χ0) is 21.0. The first kappa shape index (κ1) is 20.5. The molecule has 1 amide bonds.